The number of carbonyl (C=O) groups excluding carboxylic acids is 1. The van der Waals surface area contributed by atoms with E-state index in [1.807, 2.05) is 11.4 Å². The predicted molar refractivity (Wildman–Crippen MR) is 81.7 cm³/mol. The minimum absolute atomic E-state index is 0.0239. The fourth-order valence-electron chi connectivity index (χ4n) is 2.45. The van der Waals surface area contributed by atoms with Crippen LogP contribution in [0.1, 0.15) is 36.4 Å². The molecule has 0 spiro atoms. The zero-order valence-electron chi connectivity index (χ0n) is 11.4. The third kappa shape index (κ3) is 4.04. The standard InChI is InChI=1S/C14H20BrNO2S/c1-14(2,10-3-5-18-6-4-10)9-16-13(17)12-7-11(15)8-19-12/h7-8,10H,3-6,9H2,1-2H3,(H,16,17). The normalized spacial score (nSPS) is 17.4. The Hall–Kier alpha value is -0.390. The van der Waals surface area contributed by atoms with E-state index in [1.54, 1.807) is 0 Å². The molecule has 2 heterocycles. The molecule has 0 radical (unpaired) electrons. The summed E-state index contributed by atoms with van der Waals surface area (Å²) in [4.78, 5) is 12.8. The Kier molecular flexibility index (Phi) is 5.03. The van der Waals surface area contributed by atoms with Crippen molar-refractivity contribution in [2.75, 3.05) is 19.8 Å². The highest BCUT2D eigenvalue weighted by Crippen LogP contribution is 2.33. The van der Waals surface area contributed by atoms with E-state index in [4.69, 9.17) is 4.74 Å². The van der Waals surface area contributed by atoms with Gasteiger partial charge in [0.25, 0.3) is 5.91 Å². The number of hydrogen-bond acceptors (Lipinski definition) is 3. The van der Waals surface area contributed by atoms with Crippen LogP contribution in [0.25, 0.3) is 0 Å². The van der Waals surface area contributed by atoms with Gasteiger partial charge in [-0.05, 0) is 46.2 Å². The van der Waals surface area contributed by atoms with E-state index in [0.29, 0.717) is 12.5 Å². The van der Waals surface area contributed by atoms with Gasteiger partial charge >= 0.3 is 0 Å². The second kappa shape index (κ2) is 6.37. The maximum absolute atomic E-state index is 12.0. The van der Waals surface area contributed by atoms with Crippen molar-refractivity contribution in [1.29, 1.82) is 0 Å². The summed E-state index contributed by atoms with van der Waals surface area (Å²) in [6.45, 7) is 6.87. The first-order chi connectivity index (χ1) is 8.99. The molecule has 0 atom stereocenters. The van der Waals surface area contributed by atoms with Crippen molar-refractivity contribution >= 4 is 33.2 Å². The molecule has 0 aliphatic carbocycles. The van der Waals surface area contributed by atoms with Crippen molar-refractivity contribution in [3.63, 3.8) is 0 Å². The van der Waals surface area contributed by atoms with Crippen LogP contribution in [0.15, 0.2) is 15.9 Å². The van der Waals surface area contributed by atoms with Gasteiger partial charge in [-0.3, -0.25) is 4.79 Å². The number of ether oxygens (including phenoxy) is 1. The zero-order valence-corrected chi connectivity index (χ0v) is 13.8. The van der Waals surface area contributed by atoms with Gasteiger partial charge in [0.1, 0.15) is 0 Å². The van der Waals surface area contributed by atoms with Crippen molar-refractivity contribution < 1.29 is 9.53 Å². The molecule has 106 valence electrons. The molecule has 0 unspecified atom stereocenters. The first-order valence-corrected chi connectivity index (χ1v) is 8.26. The maximum atomic E-state index is 12.0. The summed E-state index contributed by atoms with van der Waals surface area (Å²) in [6, 6.07) is 1.86. The Balaban J connectivity index is 1.88. The van der Waals surface area contributed by atoms with E-state index in [1.165, 1.54) is 11.3 Å². The van der Waals surface area contributed by atoms with Gasteiger partial charge in [-0.15, -0.1) is 11.3 Å². The van der Waals surface area contributed by atoms with Gasteiger partial charge in [0.05, 0.1) is 4.88 Å². The summed E-state index contributed by atoms with van der Waals surface area (Å²) in [5.41, 5.74) is 0.119. The number of carbonyl (C=O) groups is 1. The average Bonchev–Trinajstić information content (AvgIpc) is 2.84. The quantitative estimate of drug-likeness (QED) is 0.903. The fourth-order valence-corrected chi connectivity index (χ4v) is 3.79. The Bertz CT molecular complexity index is 438. The monoisotopic (exact) mass is 345 g/mol. The highest BCUT2D eigenvalue weighted by Gasteiger charge is 2.31. The number of rotatable bonds is 4. The van der Waals surface area contributed by atoms with Gasteiger partial charge < -0.3 is 10.1 Å². The lowest BCUT2D eigenvalue weighted by atomic mass is 9.74. The summed E-state index contributed by atoms with van der Waals surface area (Å²) >= 11 is 4.84. The molecule has 5 heteroatoms. The molecule has 0 bridgehead atoms. The molecule has 1 aromatic rings. The Morgan fingerprint density at radius 2 is 2.21 bits per heavy atom. The van der Waals surface area contributed by atoms with Crippen LogP contribution in [0.3, 0.4) is 0 Å². The van der Waals surface area contributed by atoms with Gasteiger partial charge in [-0.25, -0.2) is 0 Å². The molecule has 3 nitrogen and oxygen atoms in total. The van der Waals surface area contributed by atoms with Crippen LogP contribution in [0.5, 0.6) is 0 Å². The summed E-state index contributed by atoms with van der Waals surface area (Å²) in [6.07, 6.45) is 2.18. The zero-order chi connectivity index (χ0) is 13.9. The van der Waals surface area contributed by atoms with Crippen LogP contribution in [-0.4, -0.2) is 25.7 Å². The second-order valence-corrected chi connectivity index (χ2v) is 7.51. The fraction of sp³-hybridized carbons (Fsp3) is 0.643. The van der Waals surface area contributed by atoms with E-state index in [-0.39, 0.29) is 11.3 Å². The van der Waals surface area contributed by atoms with Crippen molar-refractivity contribution in [3.8, 4) is 0 Å². The van der Waals surface area contributed by atoms with E-state index >= 15 is 0 Å². The maximum Gasteiger partial charge on any atom is 0.261 e. The van der Waals surface area contributed by atoms with Crippen molar-refractivity contribution in [1.82, 2.24) is 5.32 Å². The largest absolute Gasteiger partial charge is 0.381 e. The molecule has 1 aliphatic rings. The Morgan fingerprint density at radius 1 is 1.53 bits per heavy atom. The van der Waals surface area contributed by atoms with Crippen LogP contribution < -0.4 is 5.32 Å². The third-order valence-electron chi connectivity index (χ3n) is 3.82. The molecular formula is C14H20BrNO2S. The van der Waals surface area contributed by atoms with E-state index in [9.17, 15) is 4.79 Å². The highest BCUT2D eigenvalue weighted by atomic mass is 79.9. The van der Waals surface area contributed by atoms with Crippen LogP contribution >= 0.6 is 27.3 Å². The minimum atomic E-state index is 0.0239. The Morgan fingerprint density at radius 3 is 2.79 bits per heavy atom. The highest BCUT2D eigenvalue weighted by molar-refractivity contribution is 9.10. The molecule has 0 saturated carbocycles. The minimum Gasteiger partial charge on any atom is -0.381 e. The van der Waals surface area contributed by atoms with Crippen LogP contribution in [0.2, 0.25) is 0 Å². The van der Waals surface area contributed by atoms with Crippen molar-refractivity contribution in [2.24, 2.45) is 11.3 Å². The van der Waals surface area contributed by atoms with Gasteiger partial charge in [0.15, 0.2) is 0 Å². The predicted octanol–water partition coefficient (Wildman–Crippen LogP) is 3.69. The first-order valence-electron chi connectivity index (χ1n) is 6.59. The number of thiophene rings is 1. The smallest absolute Gasteiger partial charge is 0.261 e. The summed E-state index contributed by atoms with van der Waals surface area (Å²) in [7, 11) is 0. The average molecular weight is 346 g/mol. The summed E-state index contributed by atoms with van der Waals surface area (Å²) < 4.78 is 6.37. The number of halogens is 1. The van der Waals surface area contributed by atoms with Gasteiger partial charge in [0, 0.05) is 29.6 Å². The van der Waals surface area contributed by atoms with Crippen LogP contribution in [0, 0.1) is 11.3 Å². The van der Waals surface area contributed by atoms with E-state index in [2.05, 4.69) is 35.1 Å². The lowest BCUT2D eigenvalue weighted by Crippen LogP contribution is -2.40. The molecule has 1 aromatic heterocycles. The molecule has 1 amide bonds. The second-order valence-electron chi connectivity index (χ2n) is 5.69. The van der Waals surface area contributed by atoms with E-state index < -0.39 is 0 Å². The van der Waals surface area contributed by atoms with Crippen LogP contribution in [0.4, 0.5) is 0 Å². The van der Waals surface area contributed by atoms with Gasteiger partial charge in [0.2, 0.25) is 0 Å². The number of hydrogen-bond donors (Lipinski definition) is 1. The van der Waals surface area contributed by atoms with E-state index in [0.717, 1.165) is 35.4 Å². The molecule has 2 rings (SSSR count). The van der Waals surface area contributed by atoms with Gasteiger partial charge in [-0.2, -0.15) is 0 Å². The topological polar surface area (TPSA) is 38.3 Å². The number of amides is 1. The SMILES string of the molecule is CC(C)(CNC(=O)c1cc(Br)cs1)C1CCOCC1. The molecule has 1 aliphatic heterocycles. The van der Waals surface area contributed by atoms with Crippen molar-refractivity contribution in [2.45, 2.75) is 26.7 Å². The third-order valence-corrected chi connectivity index (χ3v) is 5.51. The molecule has 1 fully saturated rings. The summed E-state index contributed by atoms with van der Waals surface area (Å²) in [5, 5.41) is 4.99. The van der Waals surface area contributed by atoms with Crippen molar-refractivity contribution in [3.05, 3.63) is 20.8 Å². The first kappa shape index (κ1) is 15.0. The van der Waals surface area contributed by atoms with Gasteiger partial charge in [-0.1, -0.05) is 13.8 Å². The molecule has 1 N–H and O–H groups in total. The lowest BCUT2D eigenvalue weighted by molar-refractivity contribution is 0.0228. The Labute approximate surface area is 126 Å². The number of nitrogens with one attached hydrogen (secondary N) is 1. The lowest BCUT2D eigenvalue weighted by Gasteiger charge is -2.37. The molecule has 19 heavy (non-hydrogen) atoms. The summed E-state index contributed by atoms with van der Waals surface area (Å²) in [5.74, 6) is 0.646. The molecular weight excluding hydrogens is 326 g/mol. The molecule has 0 aromatic carbocycles. The van der Waals surface area contributed by atoms with Crippen LogP contribution in [-0.2, 0) is 4.74 Å². The molecule has 1 saturated heterocycles.